The molecule has 1 fully saturated rings. The van der Waals surface area contributed by atoms with E-state index in [4.69, 9.17) is 14.2 Å². The molecule has 2 aliphatic rings. The van der Waals surface area contributed by atoms with Gasteiger partial charge in [-0.3, -0.25) is 0 Å². The van der Waals surface area contributed by atoms with Crippen LogP contribution in [0.25, 0.3) is 0 Å². The number of benzene rings is 1. The van der Waals surface area contributed by atoms with Crippen molar-refractivity contribution in [3.63, 3.8) is 0 Å². The highest BCUT2D eigenvalue weighted by Gasteiger charge is 2.20. The minimum atomic E-state index is 0.558. The van der Waals surface area contributed by atoms with Crippen LogP contribution in [-0.2, 0) is 6.54 Å². The third-order valence-electron chi connectivity index (χ3n) is 4.11. The fourth-order valence-electron chi connectivity index (χ4n) is 3.02. The number of likely N-dealkylation sites (tertiary alicyclic amines) is 1. The molecule has 5 heteroatoms. The van der Waals surface area contributed by atoms with Crippen LogP contribution < -0.4 is 19.5 Å². The van der Waals surface area contributed by atoms with Crippen LogP contribution >= 0.6 is 0 Å². The van der Waals surface area contributed by atoms with Gasteiger partial charge >= 0.3 is 0 Å². The van der Waals surface area contributed by atoms with E-state index in [1.807, 2.05) is 6.07 Å². The van der Waals surface area contributed by atoms with Gasteiger partial charge in [-0.15, -0.1) is 0 Å². The topological polar surface area (TPSA) is 43.0 Å². The maximum Gasteiger partial charge on any atom is 0.203 e. The largest absolute Gasteiger partial charge is 0.493 e. The summed E-state index contributed by atoms with van der Waals surface area (Å²) in [4.78, 5) is 2.38. The number of hydrogen-bond donors (Lipinski definition) is 1. The molecule has 0 bridgehead atoms. The quantitative estimate of drug-likeness (QED) is 0.914. The van der Waals surface area contributed by atoms with Gasteiger partial charge in [-0.2, -0.15) is 0 Å². The van der Waals surface area contributed by atoms with Crippen molar-refractivity contribution in [3.05, 3.63) is 17.7 Å². The Morgan fingerprint density at radius 3 is 3.00 bits per heavy atom. The summed E-state index contributed by atoms with van der Waals surface area (Å²) in [6, 6.07) is 4.65. The summed E-state index contributed by atoms with van der Waals surface area (Å²) in [5.41, 5.74) is 1.17. The van der Waals surface area contributed by atoms with Crippen LogP contribution in [0.2, 0.25) is 0 Å². The fraction of sp³-hybridized carbons (Fsp3) is 0.625. The highest BCUT2D eigenvalue weighted by molar-refractivity contribution is 5.54. The predicted octanol–water partition coefficient (Wildman–Crippen LogP) is 1.65. The summed E-state index contributed by atoms with van der Waals surface area (Å²) < 4.78 is 16.7. The summed E-state index contributed by atoms with van der Waals surface area (Å²) in [5, 5.41) is 3.63. The summed E-state index contributed by atoms with van der Waals surface area (Å²) in [6.07, 6.45) is 2.50. The molecule has 3 rings (SSSR count). The number of fused-ring (bicyclic) bond motifs is 1. The van der Waals surface area contributed by atoms with Crippen molar-refractivity contribution in [1.29, 1.82) is 0 Å². The number of nitrogens with one attached hydrogen (secondary N) is 1. The Balaban J connectivity index is 1.67. The Kier molecular flexibility index (Phi) is 4.51. The molecule has 1 unspecified atom stereocenters. The number of piperidine rings is 1. The second-order valence-electron chi connectivity index (χ2n) is 5.80. The first kappa shape index (κ1) is 14.5. The van der Waals surface area contributed by atoms with Gasteiger partial charge in [-0.05, 0) is 44.1 Å². The monoisotopic (exact) mass is 292 g/mol. The highest BCUT2D eigenvalue weighted by Crippen LogP contribution is 2.40. The van der Waals surface area contributed by atoms with E-state index in [0.29, 0.717) is 19.3 Å². The van der Waals surface area contributed by atoms with Gasteiger partial charge in [-0.25, -0.2) is 0 Å². The fourth-order valence-corrected chi connectivity index (χ4v) is 3.02. The molecule has 0 saturated carbocycles. The molecule has 0 radical (unpaired) electrons. The van der Waals surface area contributed by atoms with Crippen molar-refractivity contribution in [1.82, 2.24) is 10.2 Å². The number of nitrogens with zero attached hydrogens (tertiary/aromatic N) is 1. The second-order valence-corrected chi connectivity index (χ2v) is 5.80. The predicted molar refractivity (Wildman–Crippen MR) is 81.3 cm³/mol. The molecule has 2 heterocycles. The molecular formula is C16H24N2O3. The summed E-state index contributed by atoms with van der Waals surface area (Å²) >= 11 is 0. The average molecular weight is 292 g/mol. The standard InChI is InChI=1S/C16H24N2O3/c1-18-5-3-4-13(11-18)17-10-12-8-14(19-2)16-15(9-12)20-6-7-21-16/h8-9,13,17H,3-7,10-11H2,1-2H3. The molecule has 0 spiro atoms. The first-order valence-electron chi connectivity index (χ1n) is 7.64. The highest BCUT2D eigenvalue weighted by atomic mass is 16.6. The molecule has 1 aromatic rings. The number of hydrogen-bond acceptors (Lipinski definition) is 5. The van der Waals surface area contributed by atoms with E-state index in [9.17, 15) is 0 Å². The van der Waals surface area contributed by atoms with Crippen LogP contribution in [-0.4, -0.2) is 51.4 Å². The van der Waals surface area contributed by atoms with E-state index < -0.39 is 0 Å². The molecule has 1 atom stereocenters. The molecule has 0 aliphatic carbocycles. The first-order chi connectivity index (χ1) is 10.3. The number of ether oxygens (including phenoxy) is 3. The summed E-state index contributed by atoms with van der Waals surface area (Å²) in [7, 11) is 3.85. The Morgan fingerprint density at radius 1 is 1.33 bits per heavy atom. The van der Waals surface area contributed by atoms with Crippen LogP contribution in [0.1, 0.15) is 18.4 Å². The van der Waals surface area contributed by atoms with Crippen molar-refractivity contribution in [2.75, 3.05) is 40.5 Å². The number of likely N-dealkylation sites (N-methyl/N-ethyl adjacent to an activating group) is 1. The Hall–Kier alpha value is -1.46. The molecule has 0 amide bonds. The van der Waals surface area contributed by atoms with Crippen molar-refractivity contribution in [2.24, 2.45) is 0 Å². The minimum absolute atomic E-state index is 0.558. The van der Waals surface area contributed by atoms with Crippen molar-refractivity contribution in [2.45, 2.75) is 25.4 Å². The number of rotatable bonds is 4. The lowest BCUT2D eigenvalue weighted by Gasteiger charge is -2.30. The van der Waals surface area contributed by atoms with Gasteiger partial charge in [0.15, 0.2) is 11.5 Å². The lowest BCUT2D eigenvalue weighted by atomic mass is 10.1. The van der Waals surface area contributed by atoms with E-state index in [-0.39, 0.29) is 0 Å². The Morgan fingerprint density at radius 2 is 2.19 bits per heavy atom. The SMILES string of the molecule is COc1cc(CNC2CCCN(C)C2)cc2c1OCCO2. The third-order valence-corrected chi connectivity index (χ3v) is 4.11. The van der Waals surface area contributed by atoms with E-state index in [2.05, 4.69) is 23.3 Å². The molecule has 21 heavy (non-hydrogen) atoms. The minimum Gasteiger partial charge on any atom is -0.493 e. The summed E-state index contributed by atoms with van der Waals surface area (Å²) in [5.74, 6) is 2.27. The molecular weight excluding hydrogens is 268 g/mol. The van der Waals surface area contributed by atoms with Gasteiger partial charge in [0.1, 0.15) is 13.2 Å². The van der Waals surface area contributed by atoms with Crippen LogP contribution in [0.5, 0.6) is 17.2 Å². The van der Waals surface area contributed by atoms with Crippen LogP contribution in [0.4, 0.5) is 0 Å². The third kappa shape index (κ3) is 3.41. The van der Waals surface area contributed by atoms with Crippen molar-refractivity contribution >= 4 is 0 Å². The molecule has 116 valence electrons. The van der Waals surface area contributed by atoms with E-state index in [0.717, 1.165) is 30.3 Å². The molecule has 2 aliphatic heterocycles. The Bertz CT molecular complexity index is 475. The normalized spacial score (nSPS) is 22.1. The maximum absolute atomic E-state index is 5.67. The molecule has 5 nitrogen and oxygen atoms in total. The Labute approximate surface area is 126 Å². The van der Waals surface area contributed by atoms with Gasteiger partial charge < -0.3 is 24.4 Å². The zero-order valence-corrected chi connectivity index (χ0v) is 12.9. The van der Waals surface area contributed by atoms with Gasteiger partial charge in [0.05, 0.1) is 7.11 Å². The summed E-state index contributed by atoms with van der Waals surface area (Å²) in [6.45, 7) is 4.32. The lowest BCUT2D eigenvalue weighted by molar-refractivity contribution is 0.164. The second kappa shape index (κ2) is 6.54. The van der Waals surface area contributed by atoms with E-state index in [1.165, 1.54) is 24.9 Å². The molecule has 1 N–H and O–H groups in total. The van der Waals surface area contributed by atoms with Crippen molar-refractivity contribution in [3.8, 4) is 17.2 Å². The van der Waals surface area contributed by atoms with Gasteiger partial charge in [0, 0.05) is 19.1 Å². The van der Waals surface area contributed by atoms with Crippen LogP contribution in [0, 0.1) is 0 Å². The maximum atomic E-state index is 5.67. The molecule has 1 saturated heterocycles. The van der Waals surface area contributed by atoms with Gasteiger partial charge in [0.2, 0.25) is 5.75 Å². The molecule has 1 aromatic carbocycles. The zero-order chi connectivity index (χ0) is 14.7. The smallest absolute Gasteiger partial charge is 0.203 e. The van der Waals surface area contributed by atoms with Gasteiger partial charge in [-0.1, -0.05) is 0 Å². The zero-order valence-electron chi connectivity index (χ0n) is 12.9. The van der Waals surface area contributed by atoms with Crippen LogP contribution in [0.3, 0.4) is 0 Å². The van der Waals surface area contributed by atoms with Crippen molar-refractivity contribution < 1.29 is 14.2 Å². The first-order valence-corrected chi connectivity index (χ1v) is 7.64. The van der Waals surface area contributed by atoms with Crippen LogP contribution in [0.15, 0.2) is 12.1 Å². The molecule has 0 aromatic heterocycles. The van der Waals surface area contributed by atoms with E-state index in [1.54, 1.807) is 7.11 Å². The lowest BCUT2D eigenvalue weighted by Crippen LogP contribution is -2.43. The van der Waals surface area contributed by atoms with Gasteiger partial charge in [0.25, 0.3) is 0 Å². The average Bonchev–Trinajstić information content (AvgIpc) is 2.52. The van der Waals surface area contributed by atoms with E-state index >= 15 is 0 Å². The number of methoxy groups -OCH3 is 1.